The summed E-state index contributed by atoms with van der Waals surface area (Å²) < 4.78 is 3.52. The Kier molecular flexibility index (Phi) is 2.13. The van der Waals surface area contributed by atoms with Gasteiger partial charge in [0.2, 0.25) is 0 Å². The summed E-state index contributed by atoms with van der Waals surface area (Å²) >= 11 is 3.73. The van der Waals surface area contributed by atoms with Crippen molar-refractivity contribution in [3.05, 3.63) is 34.4 Å². The van der Waals surface area contributed by atoms with Crippen molar-refractivity contribution in [1.29, 1.82) is 0 Å². The molecule has 0 radical (unpaired) electrons. The fourth-order valence-electron chi connectivity index (χ4n) is 2.48. The van der Waals surface area contributed by atoms with Crippen molar-refractivity contribution in [3.63, 3.8) is 0 Å². The molecule has 0 bridgehead atoms. The molecule has 1 heterocycles. The van der Waals surface area contributed by atoms with Gasteiger partial charge in [0.15, 0.2) is 0 Å². The van der Waals surface area contributed by atoms with Gasteiger partial charge in [0.25, 0.3) is 0 Å². The van der Waals surface area contributed by atoms with Crippen molar-refractivity contribution in [2.24, 2.45) is 7.05 Å². The fraction of sp³-hybridized carbons (Fsp3) is 0.385. The monoisotopic (exact) mass is 263 g/mol. The lowest BCUT2D eigenvalue weighted by atomic mass is 9.80. The molecule has 0 spiro atoms. The molecule has 1 fully saturated rings. The Labute approximate surface area is 98.2 Å². The Morgan fingerprint density at radius 1 is 1.27 bits per heavy atom. The van der Waals surface area contributed by atoms with Crippen LogP contribution in [0.25, 0.3) is 10.9 Å². The van der Waals surface area contributed by atoms with E-state index in [0.29, 0.717) is 0 Å². The van der Waals surface area contributed by atoms with E-state index in [9.17, 15) is 0 Å². The molecule has 15 heavy (non-hydrogen) atoms. The highest BCUT2D eigenvalue weighted by molar-refractivity contribution is 9.10. The van der Waals surface area contributed by atoms with Crippen LogP contribution in [0.2, 0.25) is 0 Å². The van der Waals surface area contributed by atoms with Gasteiger partial charge in [-0.15, -0.1) is 0 Å². The number of aryl methyl sites for hydroxylation is 1. The lowest BCUT2D eigenvalue weighted by Crippen LogP contribution is -2.08. The molecule has 0 unspecified atom stereocenters. The zero-order valence-electron chi connectivity index (χ0n) is 8.83. The molecule has 0 N–H and O–H groups in total. The zero-order chi connectivity index (χ0) is 10.4. The molecular formula is C13H14BrN. The second-order valence-electron chi connectivity index (χ2n) is 4.41. The van der Waals surface area contributed by atoms with E-state index in [1.165, 1.54) is 40.3 Å². The molecule has 0 atom stereocenters. The summed E-state index contributed by atoms with van der Waals surface area (Å²) in [4.78, 5) is 0. The Morgan fingerprint density at radius 3 is 2.67 bits per heavy atom. The molecule has 1 aliphatic rings. The normalized spacial score (nSPS) is 16.9. The topological polar surface area (TPSA) is 4.93 Å². The number of rotatable bonds is 1. The van der Waals surface area contributed by atoms with Crippen LogP contribution in [-0.2, 0) is 7.05 Å². The van der Waals surface area contributed by atoms with Crippen LogP contribution in [0.3, 0.4) is 0 Å². The molecule has 1 aromatic heterocycles. The second-order valence-corrected chi connectivity index (χ2v) is 5.16. The Bertz CT molecular complexity index is 508. The number of nitrogens with zero attached hydrogens (tertiary/aromatic N) is 1. The summed E-state index contributed by atoms with van der Waals surface area (Å²) in [5.41, 5.74) is 2.87. The first-order valence-electron chi connectivity index (χ1n) is 5.52. The van der Waals surface area contributed by atoms with Gasteiger partial charge < -0.3 is 4.57 Å². The van der Waals surface area contributed by atoms with E-state index in [1.807, 2.05) is 0 Å². The third-order valence-electron chi connectivity index (χ3n) is 3.59. The van der Waals surface area contributed by atoms with Crippen LogP contribution in [0.1, 0.15) is 30.7 Å². The van der Waals surface area contributed by atoms with E-state index in [1.54, 1.807) is 0 Å². The molecule has 78 valence electrons. The maximum absolute atomic E-state index is 3.73. The van der Waals surface area contributed by atoms with Gasteiger partial charge in [0, 0.05) is 18.0 Å². The molecule has 1 saturated carbocycles. The molecule has 3 rings (SSSR count). The smallest absolute Gasteiger partial charge is 0.0890 e. The summed E-state index contributed by atoms with van der Waals surface area (Å²) in [6.07, 6.45) is 4.10. The van der Waals surface area contributed by atoms with E-state index in [2.05, 4.69) is 51.8 Å². The quantitative estimate of drug-likeness (QED) is 0.727. The minimum atomic E-state index is 0.783. The van der Waals surface area contributed by atoms with Gasteiger partial charge in [0.1, 0.15) is 0 Å². The van der Waals surface area contributed by atoms with E-state index in [4.69, 9.17) is 0 Å². The van der Waals surface area contributed by atoms with Crippen LogP contribution < -0.4 is 0 Å². The first-order chi connectivity index (χ1) is 7.29. The van der Waals surface area contributed by atoms with E-state index < -0.39 is 0 Å². The van der Waals surface area contributed by atoms with E-state index in [-0.39, 0.29) is 0 Å². The number of hydrogen-bond acceptors (Lipinski definition) is 0. The van der Waals surface area contributed by atoms with Gasteiger partial charge >= 0.3 is 0 Å². The number of hydrogen-bond donors (Lipinski definition) is 0. The van der Waals surface area contributed by atoms with Gasteiger partial charge in [-0.3, -0.25) is 0 Å². The Morgan fingerprint density at radius 2 is 2.00 bits per heavy atom. The summed E-state index contributed by atoms with van der Waals surface area (Å²) in [5.74, 6) is 0.783. The number of halogens is 1. The number of fused-ring (bicyclic) bond motifs is 1. The third-order valence-corrected chi connectivity index (χ3v) is 4.54. The predicted molar refractivity (Wildman–Crippen MR) is 67.2 cm³/mol. The predicted octanol–water partition coefficient (Wildman–Crippen LogP) is 4.21. The minimum absolute atomic E-state index is 0.783. The lowest BCUT2D eigenvalue weighted by molar-refractivity contribution is 0.420. The maximum Gasteiger partial charge on any atom is 0.0890 e. The third kappa shape index (κ3) is 1.27. The highest BCUT2D eigenvalue weighted by atomic mass is 79.9. The number of para-hydroxylation sites is 1. The largest absolute Gasteiger partial charge is 0.338 e. The van der Waals surface area contributed by atoms with E-state index in [0.717, 1.165) is 5.92 Å². The standard InChI is InChI=1S/C13H14BrN/c1-15-11-8-3-2-7-10(11)12(13(15)14)9-5-4-6-9/h2-3,7-9H,4-6H2,1H3. The average Bonchev–Trinajstić information content (AvgIpc) is 2.42. The maximum atomic E-state index is 3.73. The van der Waals surface area contributed by atoms with Crippen molar-refractivity contribution in [2.45, 2.75) is 25.2 Å². The average molecular weight is 264 g/mol. The number of aromatic nitrogens is 1. The van der Waals surface area contributed by atoms with Gasteiger partial charge in [-0.25, -0.2) is 0 Å². The van der Waals surface area contributed by atoms with Crippen molar-refractivity contribution in [3.8, 4) is 0 Å². The molecule has 0 saturated heterocycles. The van der Waals surface area contributed by atoms with Crippen LogP contribution in [0.15, 0.2) is 28.9 Å². The highest BCUT2D eigenvalue weighted by Gasteiger charge is 2.26. The molecule has 0 aliphatic heterocycles. The van der Waals surface area contributed by atoms with Crippen LogP contribution >= 0.6 is 15.9 Å². The molecule has 0 amide bonds. The second kappa shape index (κ2) is 3.38. The van der Waals surface area contributed by atoms with E-state index >= 15 is 0 Å². The van der Waals surface area contributed by atoms with Crippen LogP contribution in [0, 0.1) is 0 Å². The number of benzene rings is 1. The molecule has 1 aliphatic carbocycles. The van der Waals surface area contributed by atoms with Gasteiger partial charge in [0.05, 0.1) is 4.60 Å². The fourth-order valence-corrected chi connectivity index (χ4v) is 3.21. The molecule has 1 aromatic carbocycles. The first kappa shape index (κ1) is 9.46. The van der Waals surface area contributed by atoms with Crippen molar-refractivity contribution in [2.75, 3.05) is 0 Å². The molecule has 1 nitrogen and oxygen atoms in total. The summed E-state index contributed by atoms with van der Waals surface area (Å²) in [6, 6.07) is 8.69. The highest BCUT2D eigenvalue weighted by Crippen LogP contribution is 2.44. The summed E-state index contributed by atoms with van der Waals surface area (Å²) in [7, 11) is 2.13. The summed E-state index contributed by atoms with van der Waals surface area (Å²) in [5, 5.41) is 1.43. The Hall–Kier alpha value is -0.760. The Balaban J connectivity index is 2.30. The molecular weight excluding hydrogens is 250 g/mol. The summed E-state index contributed by atoms with van der Waals surface area (Å²) in [6.45, 7) is 0. The molecule has 2 heteroatoms. The van der Waals surface area contributed by atoms with Crippen LogP contribution in [0.5, 0.6) is 0 Å². The van der Waals surface area contributed by atoms with Crippen molar-refractivity contribution < 1.29 is 0 Å². The first-order valence-corrected chi connectivity index (χ1v) is 6.31. The van der Waals surface area contributed by atoms with Crippen molar-refractivity contribution in [1.82, 2.24) is 4.57 Å². The SMILES string of the molecule is Cn1c(Br)c(C2CCC2)c2ccccc21. The zero-order valence-corrected chi connectivity index (χ0v) is 10.4. The van der Waals surface area contributed by atoms with Crippen molar-refractivity contribution >= 4 is 26.8 Å². The van der Waals surface area contributed by atoms with Gasteiger partial charge in [-0.1, -0.05) is 24.6 Å². The van der Waals surface area contributed by atoms with Crippen LogP contribution in [0.4, 0.5) is 0 Å². The van der Waals surface area contributed by atoms with Gasteiger partial charge in [-0.05, 0) is 46.3 Å². The van der Waals surface area contributed by atoms with Crippen LogP contribution in [-0.4, -0.2) is 4.57 Å². The lowest BCUT2D eigenvalue weighted by Gasteiger charge is -2.25. The van der Waals surface area contributed by atoms with Gasteiger partial charge in [-0.2, -0.15) is 0 Å². The molecule has 2 aromatic rings. The minimum Gasteiger partial charge on any atom is -0.338 e.